The van der Waals surface area contributed by atoms with Crippen LogP contribution in [0, 0.1) is 9.98 Å². The van der Waals surface area contributed by atoms with Gasteiger partial charge in [0.2, 0.25) is 0 Å². The Morgan fingerprint density at radius 3 is 1.76 bits per heavy atom. The van der Waals surface area contributed by atoms with Crippen LogP contribution in [0.3, 0.4) is 0 Å². The first-order chi connectivity index (χ1) is 10.3. The molecule has 1 rings (SSSR count). The van der Waals surface area contributed by atoms with Gasteiger partial charge in [-0.15, -0.1) is 0 Å². The van der Waals surface area contributed by atoms with Gasteiger partial charge in [-0.1, -0.05) is 0 Å². The number of ether oxygens (including phenoxy) is 1. The van der Waals surface area contributed by atoms with Crippen molar-refractivity contribution in [3.8, 4) is 9.98 Å². The second-order valence-electron chi connectivity index (χ2n) is 6.43. The van der Waals surface area contributed by atoms with E-state index in [1.807, 2.05) is 0 Å². The maximum atomic E-state index is 5.43. The van der Waals surface area contributed by atoms with Gasteiger partial charge >= 0.3 is 137 Å². The molecule has 0 saturated carbocycles. The van der Waals surface area contributed by atoms with Crippen molar-refractivity contribution < 1.29 is 4.74 Å². The number of unbranched alkanes of at least 4 members (excludes halogenated alkanes) is 3. The molecule has 0 aromatic carbocycles. The number of morpholine rings is 1. The van der Waals surface area contributed by atoms with E-state index in [-0.39, 0.29) is 0 Å². The Morgan fingerprint density at radius 2 is 1.33 bits per heavy atom. The predicted octanol–water partition coefficient (Wildman–Crippen LogP) is 4.67. The number of hydrogen-bond acceptors (Lipinski definition) is 2. The van der Waals surface area contributed by atoms with Crippen LogP contribution in [0.5, 0.6) is 0 Å². The second-order valence-corrected chi connectivity index (χ2v) is 18.7. The summed E-state index contributed by atoms with van der Waals surface area (Å²) in [6.45, 7) is 10.7. The third-order valence-corrected chi connectivity index (χ3v) is 17.6. The summed E-state index contributed by atoms with van der Waals surface area (Å²) in [7, 11) is 0. The Hall–Kier alpha value is 0.119. The van der Waals surface area contributed by atoms with Crippen LogP contribution >= 0.6 is 0 Å². The molecule has 2 nitrogen and oxygen atoms in total. The van der Waals surface area contributed by atoms with E-state index in [2.05, 4.69) is 35.7 Å². The van der Waals surface area contributed by atoms with Crippen molar-refractivity contribution in [2.75, 3.05) is 26.3 Å². The van der Waals surface area contributed by atoms with Crippen LogP contribution in [0.1, 0.15) is 59.3 Å². The third kappa shape index (κ3) is 7.79. The molecular formula is C18H35NOSn. The Labute approximate surface area is 136 Å². The van der Waals surface area contributed by atoms with Gasteiger partial charge in [0.05, 0.1) is 0 Å². The van der Waals surface area contributed by atoms with Crippen molar-refractivity contribution in [1.82, 2.24) is 4.90 Å². The average Bonchev–Trinajstić information content (AvgIpc) is 2.54. The molecule has 3 heteroatoms. The maximum absolute atomic E-state index is 5.43. The topological polar surface area (TPSA) is 12.5 Å². The minimum absolute atomic E-state index is 0.857. The summed E-state index contributed by atoms with van der Waals surface area (Å²) in [6, 6.07) is 3.59. The second kappa shape index (κ2) is 11.7. The van der Waals surface area contributed by atoms with E-state index in [0.717, 1.165) is 26.3 Å². The SMILES string of the molecule is CCC[CH2][Sn]([C]#CN1CCOCC1)([CH2]CCC)[CH2]CCC. The number of hydrogen-bond donors (Lipinski definition) is 0. The number of nitrogens with zero attached hydrogens (tertiary/aromatic N) is 1. The van der Waals surface area contributed by atoms with Gasteiger partial charge in [-0.05, 0) is 0 Å². The molecule has 1 aliphatic heterocycles. The monoisotopic (exact) mass is 401 g/mol. The summed E-state index contributed by atoms with van der Waals surface area (Å²) in [6.07, 6.45) is 8.20. The zero-order valence-electron chi connectivity index (χ0n) is 14.5. The normalized spacial score (nSPS) is 15.7. The first-order valence-corrected chi connectivity index (χ1v) is 16.6. The molecule has 0 N–H and O–H groups in total. The van der Waals surface area contributed by atoms with Crippen LogP contribution in [-0.2, 0) is 4.74 Å². The fourth-order valence-corrected chi connectivity index (χ4v) is 16.1. The van der Waals surface area contributed by atoms with E-state index in [1.165, 1.54) is 51.8 Å². The molecule has 0 aromatic heterocycles. The van der Waals surface area contributed by atoms with Crippen LogP contribution in [0.4, 0.5) is 0 Å². The molecule has 0 spiro atoms. The Kier molecular flexibility index (Phi) is 10.6. The van der Waals surface area contributed by atoms with Crippen LogP contribution in [0.15, 0.2) is 0 Å². The summed E-state index contributed by atoms with van der Waals surface area (Å²) >= 11 is -2.23. The molecule has 0 aromatic rings. The van der Waals surface area contributed by atoms with Crippen molar-refractivity contribution >= 4 is 18.4 Å². The first-order valence-electron chi connectivity index (χ1n) is 9.12. The minimum atomic E-state index is -2.23. The van der Waals surface area contributed by atoms with E-state index in [1.54, 1.807) is 0 Å². The van der Waals surface area contributed by atoms with Gasteiger partial charge < -0.3 is 0 Å². The summed E-state index contributed by atoms with van der Waals surface area (Å²) in [5.74, 6) is 0. The molecule has 0 atom stereocenters. The molecule has 21 heavy (non-hydrogen) atoms. The van der Waals surface area contributed by atoms with Crippen molar-refractivity contribution in [2.45, 2.75) is 72.6 Å². The van der Waals surface area contributed by atoms with Crippen LogP contribution in [0.2, 0.25) is 13.3 Å². The van der Waals surface area contributed by atoms with Gasteiger partial charge in [0.25, 0.3) is 0 Å². The van der Waals surface area contributed by atoms with Crippen LogP contribution in [0.25, 0.3) is 0 Å². The molecule has 1 heterocycles. The molecular weight excluding hydrogens is 365 g/mol. The molecule has 1 aliphatic rings. The van der Waals surface area contributed by atoms with Gasteiger partial charge in [0, 0.05) is 0 Å². The Balaban J connectivity index is 2.75. The number of rotatable bonds is 9. The Morgan fingerprint density at radius 1 is 0.857 bits per heavy atom. The van der Waals surface area contributed by atoms with Gasteiger partial charge in [0.1, 0.15) is 0 Å². The zero-order chi connectivity index (χ0) is 15.4. The summed E-state index contributed by atoms with van der Waals surface area (Å²) < 4.78 is 13.8. The van der Waals surface area contributed by atoms with Gasteiger partial charge in [0.15, 0.2) is 0 Å². The van der Waals surface area contributed by atoms with E-state index >= 15 is 0 Å². The predicted molar refractivity (Wildman–Crippen MR) is 95.1 cm³/mol. The zero-order valence-corrected chi connectivity index (χ0v) is 17.4. The van der Waals surface area contributed by atoms with Crippen LogP contribution < -0.4 is 0 Å². The summed E-state index contributed by atoms with van der Waals surface area (Å²) in [5, 5.41) is 0. The standard InChI is InChI=1S/C6H8NO.3C4H9.Sn/c1-2-7-3-5-8-6-4-7;3*1-3-4-2;/h3-6H2;3*1,3-4H2,2H3;. The van der Waals surface area contributed by atoms with Crippen molar-refractivity contribution in [3.05, 3.63) is 0 Å². The molecule has 0 unspecified atom stereocenters. The quantitative estimate of drug-likeness (QED) is 0.412. The fraction of sp³-hybridized carbons (Fsp3) is 0.889. The average molecular weight is 400 g/mol. The van der Waals surface area contributed by atoms with E-state index in [9.17, 15) is 0 Å². The van der Waals surface area contributed by atoms with E-state index in [0.29, 0.717) is 0 Å². The van der Waals surface area contributed by atoms with Gasteiger partial charge in [-0.25, -0.2) is 0 Å². The van der Waals surface area contributed by atoms with Crippen LogP contribution in [-0.4, -0.2) is 49.6 Å². The first kappa shape index (κ1) is 19.2. The van der Waals surface area contributed by atoms with E-state index < -0.39 is 18.4 Å². The van der Waals surface area contributed by atoms with Crippen molar-refractivity contribution in [1.29, 1.82) is 0 Å². The summed E-state index contributed by atoms with van der Waals surface area (Å²) in [5.41, 5.74) is 0. The van der Waals surface area contributed by atoms with E-state index in [4.69, 9.17) is 4.74 Å². The third-order valence-electron chi connectivity index (χ3n) is 4.52. The molecule has 1 saturated heterocycles. The van der Waals surface area contributed by atoms with Gasteiger partial charge in [-0.3, -0.25) is 0 Å². The molecule has 0 radical (unpaired) electrons. The molecule has 0 bridgehead atoms. The fourth-order valence-electron chi connectivity index (χ4n) is 2.98. The van der Waals surface area contributed by atoms with Crippen molar-refractivity contribution in [3.63, 3.8) is 0 Å². The van der Waals surface area contributed by atoms with Crippen molar-refractivity contribution in [2.24, 2.45) is 0 Å². The van der Waals surface area contributed by atoms with Gasteiger partial charge in [-0.2, -0.15) is 0 Å². The molecule has 0 amide bonds. The summed E-state index contributed by atoms with van der Waals surface area (Å²) in [4.78, 5) is 2.32. The molecule has 0 aliphatic carbocycles. The molecule has 1 fully saturated rings. The Bertz CT molecular complexity index is 293. The molecule has 122 valence electrons.